The third-order valence-electron chi connectivity index (χ3n) is 2.86. The number of amides is 1. The number of nitrogens with zero attached hydrogens (tertiary/aromatic N) is 3. The first-order chi connectivity index (χ1) is 9.79. The molecule has 0 aliphatic heterocycles. The summed E-state index contributed by atoms with van der Waals surface area (Å²) in [5, 5.41) is 6.98. The summed E-state index contributed by atoms with van der Waals surface area (Å²) in [7, 11) is 0. The molecule has 2 rings (SSSR count). The Balaban J connectivity index is 2.06. The van der Waals surface area contributed by atoms with Crippen LogP contribution in [0, 0.1) is 11.8 Å². The number of rotatable bonds is 5. The molecule has 1 amide bonds. The first-order valence-corrected chi connectivity index (χ1v) is 6.40. The molecule has 1 atom stereocenters. The number of nitrogens with one attached hydrogen (secondary N) is 1. The number of hydrogen-bond acceptors (Lipinski definition) is 3. The van der Waals surface area contributed by atoms with Crippen LogP contribution in [-0.4, -0.2) is 20.7 Å². The molecule has 0 unspecified atom stereocenters. The van der Waals surface area contributed by atoms with E-state index in [1.807, 2.05) is 30.3 Å². The maximum atomic E-state index is 11.7. The first kappa shape index (κ1) is 13.8. The van der Waals surface area contributed by atoms with Crippen molar-refractivity contribution < 1.29 is 4.79 Å². The van der Waals surface area contributed by atoms with Crippen molar-refractivity contribution in [3.05, 3.63) is 48.5 Å². The molecule has 20 heavy (non-hydrogen) atoms. The molecule has 1 heterocycles. The van der Waals surface area contributed by atoms with E-state index in [0.717, 1.165) is 12.0 Å². The van der Waals surface area contributed by atoms with Gasteiger partial charge in [0.2, 0.25) is 0 Å². The maximum absolute atomic E-state index is 11.7. The van der Waals surface area contributed by atoms with Gasteiger partial charge in [-0.1, -0.05) is 36.3 Å². The van der Waals surface area contributed by atoms with Gasteiger partial charge in [0.15, 0.2) is 0 Å². The van der Waals surface area contributed by atoms with Crippen molar-refractivity contribution >= 4 is 5.91 Å². The van der Waals surface area contributed by atoms with Gasteiger partial charge in [0.25, 0.3) is 5.91 Å². The molecule has 5 nitrogen and oxygen atoms in total. The van der Waals surface area contributed by atoms with Crippen molar-refractivity contribution in [3.63, 3.8) is 0 Å². The predicted molar refractivity (Wildman–Crippen MR) is 75.4 cm³/mol. The lowest BCUT2D eigenvalue weighted by molar-refractivity contribution is -0.116. The summed E-state index contributed by atoms with van der Waals surface area (Å²) in [6.07, 6.45) is 3.89. The smallest absolute Gasteiger partial charge is 0.296 e. The monoisotopic (exact) mass is 268 g/mol. The largest absolute Gasteiger partial charge is 0.338 e. The fraction of sp³-hybridized carbons (Fsp3) is 0.267. The maximum Gasteiger partial charge on any atom is 0.296 e. The van der Waals surface area contributed by atoms with Gasteiger partial charge in [-0.05, 0) is 24.8 Å². The molecule has 0 bridgehead atoms. The van der Waals surface area contributed by atoms with Crippen molar-refractivity contribution in [1.29, 1.82) is 0 Å². The minimum Gasteiger partial charge on any atom is -0.338 e. The summed E-state index contributed by atoms with van der Waals surface area (Å²) in [4.78, 5) is 15.6. The molecular formula is C15H16N4O. The molecule has 0 fully saturated rings. The molecule has 1 aromatic carbocycles. The Kier molecular flexibility index (Phi) is 4.90. The van der Waals surface area contributed by atoms with Crippen LogP contribution in [0.4, 0.5) is 0 Å². The topological polar surface area (TPSA) is 59.8 Å². The zero-order valence-corrected chi connectivity index (χ0v) is 11.3. The van der Waals surface area contributed by atoms with E-state index in [2.05, 4.69) is 27.2 Å². The molecule has 1 N–H and O–H groups in total. The summed E-state index contributed by atoms with van der Waals surface area (Å²) in [6.45, 7) is 2.33. The fourth-order valence-electron chi connectivity index (χ4n) is 1.92. The lowest BCUT2D eigenvalue weighted by atomic mass is 10.0. The van der Waals surface area contributed by atoms with E-state index < -0.39 is 0 Å². The summed E-state index contributed by atoms with van der Waals surface area (Å²) in [6, 6.07) is 9.75. The van der Waals surface area contributed by atoms with Gasteiger partial charge in [-0.2, -0.15) is 5.10 Å². The van der Waals surface area contributed by atoms with E-state index in [-0.39, 0.29) is 11.9 Å². The van der Waals surface area contributed by atoms with Gasteiger partial charge in [0.05, 0.1) is 6.04 Å². The Morgan fingerprint density at radius 1 is 1.40 bits per heavy atom. The Morgan fingerprint density at radius 3 is 2.85 bits per heavy atom. The van der Waals surface area contributed by atoms with Crippen LogP contribution in [0.2, 0.25) is 0 Å². The van der Waals surface area contributed by atoms with Crippen molar-refractivity contribution in [1.82, 2.24) is 20.1 Å². The first-order valence-electron chi connectivity index (χ1n) is 6.40. The van der Waals surface area contributed by atoms with Crippen LogP contribution in [0.25, 0.3) is 0 Å². The Bertz CT molecular complexity index is 596. The van der Waals surface area contributed by atoms with Gasteiger partial charge in [0.1, 0.15) is 12.7 Å². The van der Waals surface area contributed by atoms with Crippen LogP contribution >= 0.6 is 0 Å². The highest BCUT2D eigenvalue weighted by Crippen LogP contribution is 2.17. The highest BCUT2D eigenvalue weighted by Gasteiger charge is 2.13. The predicted octanol–water partition coefficient (Wildman–Crippen LogP) is 1.55. The minimum absolute atomic E-state index is 0.0891. The Labute approximate surface area is 118 Å². The average Bonchev–Trinajstić information content (AvgIpc) is 2.98. The molecule has 0 aliphatic rings. The number of hydrogen-bond donors (Lipinski definition) is 1. The summed E-state index contributed by atoms with van der Waals surface area (Å²) in [5.74, 6) is 4.84. The molecule has 0 saturated carbocycles. The highest BCUT2D eigenvalue weighted by atomic mass is 16.1. The van der Waals surface area contributed by atoms with E-state index in [1.165, 1.54) is 6.33 Å². The molecule has 102 valence electrons. The van der Waals surface area contributed by atoms with Crippen LogP contribution in [0.5, 0.6) is 0 Å². The molecule has 2 aromatic rings. The average molecular weight is 268 g/mol. The van der Waals surface area contributed by atoms with Crippen LogP contribution in [0.1, 0.15) is 24.9 Å². The van der Waals surface area contributed by atoms with E-state index in [9.17, 15) is 4.79 Å². The van der Waals surface area contributed by atoms with Crippen LogP contribution in [0.3, 0.4) is 0 Å². The fourth-order valence-corrected chi connectivity index (χ4v) is 1.92. The molecule has 1 aromatic heterocycles. The van der Waals surface area contributed by atoms with Crippen LogP contribution in [0.15, 0.2) is 43.0 Å². The second-order valence-corrected chi connectivity index (χ2v) is 4.26. The lowest BCUT2D eigenvalue weighted by Crippen LogP contribution is -2.28. The summed E-state index contributed by atoms with van der Waals surface area (Å²) < 4.78 is 1.74. The minimum atomic E-state index is -0.264. The number of aryl methyl sites for hydroxylation is 1. The lowest BCUT2D eigenvalue weighted by Gasteiger charge is -2.17. The zero-order chi connectivity index (χ0) is 14.2. The van der Waals surface area contributed by atoms with Gasteiger partial charge < -0.3 is 5.32 Å². The van der Waals surface area contributed by atoms with Crippen molar-refractivity contribution in [2.75, 3.05) is 0 Å². The number of carbonyl (C=O) groups excluding carboxylic acids is 1. The SMILES string of the molecule is CC#CC(=O)N[C@H](CCn1cncn1)c1ccccc1. The highest BCUT2D eigenvalue weighted by molar-refractivity contribution is 5.93. The Hall–Kier alpha value is -2.61. The molecule has 0 saturated heterocycles. The van der Waals surface area contributed by atoms with E-state index in [4.69, 9.17) is 0 Å². The number of benzene rings is 1. The molecule has 0 aliphatic carbocycles. The van der Waals surface area contributed by atoms with Crippen molar-refractivity contribution in [3.8, 4) is 11.8 Å². The molecule has 5 heteroatoms. The van der Waals surface area contributed by atoms with Crippen molar-refractivity contribution in [2.45, 2.75) is 25.9 Å². The van der Waals surface area contributed by atoms with Gasteiger partial charge in [-0.15, -0.1) is 0 Å². The van der Waals surface area contributed by atoms with Gasteiger partial charge in [-0.25, -0.2) is 4.98 Å². The standard InChI is InChI=1S/C15H16N4O/c1-2-6-15(20)18-14(13-7-4-3-5-8-13)9-10-19-12-16-11-17-19/h3-5,7-8,11-12,14H,9-10H2,1H3,(H,18,20)/t14-/m1/s1. The van der Waals surface area contributed by atoms with Gasteiger partial charge in [-0.3, -0.25) is 9.48 Å². The molecule has 0 spiro atoms. The number of carbonyl (C=O) groups is 1. The molecule has 0 radical (unpaired) electrons. The second kappa shape index (κ2) is 7.10. The van der Waals surface area contributed by atoms with E-state index in [0.29, 0.717) is 6.54 Å². The number of aromatic nitrogens is 3. The van der Waals surface area contributed by atoms with Gasteiger partial charge >= 0.3 is 0 Å². The second-order valence-electron chi connectivity index (χ2n) is 4.26. The Morgan fingerprint density at radius 2 is 2.20 bits per heavy atom. The van der Waals surface area contributed by atoms with E-state index in [1.54, 1.807) is 17.9 Å². The van der Waals surface area contributed by atoms with Crippen molar-refractivity contribution in [2.24, 2.45) is 0 Å². The zero-order valence-electron chi connectivity index (χ0n) is 11.3. The summed E-state index contributed by atoms with van der Waals surface area (Å²) in [5.41, 5.74) is 1.05. The third-order valence-corrected chi connectivity index (χ3v) is 2.86. The summed E-state index contributed by atoms with van der Waals surface area (Å²) >= 11 is 0. The normalized spacial score (nSPS) is 11.2. The van der Waals surface area contributed by atoms with E-state index >= 15 is 0 Å². The quantitative estimate of drug-likeness (QED) is 0.837. The van der Waals surface area contributed by atoms with Crippen LogP contribution in [-0.2, 0) is 11.3 Å². The molecular weight excluding hydrogens is 252 g/mol. The van der Waals surface area contributed by atoms with Gasteiger partial charge in [0, 0.05) is 6.54 Å². The van der Waals surface area contributed by atoms with Crippen LogP contribution < -0.4 is 5.32 Å². The third kappa shape index (κ3) is 3.95.